The van der Waals surface area contributed by atoms with Gasteiger partial charge in [0.2, 0.25) is 6.79 Å². The molecule has 2 heterocycles. The van der Waals surface area contributed by atoms with E-state index in [1.54, 1.807) is 17.8 Å². The van der Waals surface area contributed by atoms with Crippen LogP contribution in [0.1, 0.15) is 10.4 Å². The highest BCUT2D eigenvalue weighted by molar-refractivity contribution is 7.98. The molecule has 1 amide bonds. The highest BCUT2D eigenvalue weighted by Gasteiger charge is 2.17. The molecule has 0 fully saturated rings. The first kappa shape index (κ1) is 15.3. The van der Waals surface area contributed by atoms with Gasteiger partial charge in [-0.3, -0.25) is 4.79 Å². The molecule has 0 radical (unpaired) electrons. The van der Waals surface area contributed by atoms with Crippen molar-refractivity contribution in [3.63, 3.8) is 0 Å². The minimum absolute atomic E-state index is 0.243. The third kappa shape index (κ3) is 2.59. The minimum Gasteiger partial charge on any atom is -0.454 e. The number of thiazole rings is 1. The van der Waals surface area contributed by atoms with Crippen molar-refractivity contribution < 1.29 is 14.3 Å². The average molecular weight is 358 g/mol. The maximum Gasteiger partial charge on any atom is 0.279 e. The first-order chi connectivity index (χ1) is 11.7. The van der Waals surface area contributed by atoms with Gasteiger partial charge in [-0.1, -0.05) is 17.4 Å². The zero-order chi connectivity index (χ0) is 16.7. The van der Waals surface area contributed by atoms with Crippen LogP contribution >= 0.6 is 23.1 Å². The summed E-state index contributed by atoms with van der Waals surface area (Å²) in [5.41, 5.74) is 1.56. The van der Waals surface area contributed by atoms with Crippen molar-refractivity contribution in [3.05, 3.63) is 46.8 Å². The zero-order valence-corrected chi connectivity index (χ0v) is 14.7. The lowest BCUT2D eigenvalue weighted by Crippen LogP contribution is -2.13. The third-order valence-electron chi connectivity index (χ3n) is 3.82. The third-order valence-corrected chi connectivity index (χ3v) is 5.64. The van der Waals surface area contributed by atoms with Gasteiger partial charge in [0.25, 0.3) is 5.91 Å². The lowest BCUT2D eigenvalue weighted by Gasteiger charge is -1.99. The van der Waals surface area contributed by atoms with E-state index < -0.39 is 0 Å². The number of amides is 1. The number of carbonyl (C=O) groups excluding carboxylic acids is 1. The van der Waals surface area contributed by atoms with Crippen LogP contribution in [0.2, 0.25) is 0 Å². The van der Waals surface area contributed by atoms with Crippen molar-refractivity contribution in [1.82, 2.24) is 4.57 Å². The van der Waals surface area contributed by atoms with Gasteiger partial charge in [-0.05, 0) is 24.5 Å². The van der Waals surface area contributed by atoms with Crippen LogP contribution in [-0.2, 0) is 7.05 Å². The van der Waals surface area contributed by atoms with Crippen LogP contribution in [0, 0.1) is 0 Å². The molecule has 0 spiro atoms. The van der Waals surface area contributed by atoms with Gasteiger partial charge in [0.05, 0.1) is 10.2 Å². The highest BCUT2D eigenvalue weighted by Crippen LogP contribution is 2.36. The van der Waals surface area contributed by atoms with E-state index in [1.165, 1.54) is 11.3 Å². The summed E-state index contributed by atoms with van der Waals surface area (Å²) in [5, 5.41) is 0. The van der Waals surface area contributed by atoms with Crippen LogP contribution in [0.25, 0.3) is 10.2 Å². The van der Waals surface area contributed by atoms with E-state index in [0.29, 0.717) is 10.4 Å². The Kier molecular flexibility index (Phi) is 3.82. The van der Waals surface area contributed by atoms with Gasteiger partial charge in [-0.25, -0.2) is 0 Å². The van der Waals surface area contributed by atoms with E-state index in [2.05, 4.69) is 4.99 Å². The predicted molar refractivity (Wildman–Crippen MR) is 95.0 cm³/mol. The van der Waals surface area contributed by atoms with Gasteiger partial charge in [-0.15, -0.1) is 11.8 Å². The molecule has 1 aliphatic heterocycles. The van der Waals surface area contributed by atoms with Crippen molar-refractivity contribution in [3.8, 4) is 11.5 Å². The summed E-state index contributed by atoms with van der Waals surface area (Å²) in [7, 11) is 1.89. The molecule has 3 aromatic rings. The summed E-state index contributed by atoms with van der Waals surface area (Å²) in [5.74, 6) is 1.21. The zero-order valence-electron chi connectivity index (χ0n) is 13.1. The maximum absolute atomic E-state index is 12.5. The largest absolute Gasteiger partial charge is 0.454 e. The van der Waals surface area contributed by atoms with Gasteiger partial charge < -0.3 is 14.0 Å². The number of aromatic nitrogens is 1. The molecule has 0 atom stereocenters. The van der Waals surface area contributed by atoms with Crippen LogP contribution in [0.5, 0.6) is 11.5 Å². The smallest absolute Gasteiger partial charge is 0.279 e. The number of hydrogen-bond donors (Lipinski definition) is 0. The van der Waals surface area contributed by atoms with Gasteiger partial charge >= 0.3 is 0 Å². The Labute approximate surface area is 146 Å². The Morgan fingerprint density at radius 2 is 2.04 bits per heavy atom. The fourth-order valence-electron chi connectivity index (χ4n) is 2.53. The van der Waals surface area contributed by atoms with Crippen molar-refractivity contribution in [2.24, 2.45) is 12.0 Å². The molecule has 0 saturated heterocycles. The van der Waals surface area contributed by atoms with Gasteiger partial charge in [0, 0.05) is 29.6 Å². The molecule has 0 N–H and O–H groups in total. The molecule has 1 aliphatic rings. The van der Waals surface area contributed by atoms with Crippen LogP contribution in [-0.4, -0.2) is 23.5 Å². The molecule has 0 unspecified atom stereocenters. The van der Waals surface area contributed by atoms with Crippen molar-refractivity contribution in [2.45, 2.75) is 4.90 Å². The molecule has 1 aromatic heterocycles. The number of benzene rings is 2. The van der Waals surface area contributed by atoms with Gasteiger partial charge in [0.1, 0.15) is 0 Å². The summed E-state index contributed by atoms with van der Waals surface area (Å²) in [6.45, 7) is 0.248. The van der Waals surface area contributed by atoms with E-state index in [9.17, 15) is 4.79 Å². The molecular weight excluding hydrogens is 344 g/mol. The standard InChI is InChI=1S/C17H14N2O3S2/c1-19-12-7-13-14(22-9-21-13)8-15(12)24-17(19)18-16(20)10-4-3-5-11(6-10)23-2/h3-8H,9H2,1-2H3. The number of ether oxygens (including phenoxy) is 2. The molecule has 2 aromatic carbocycles. The van der Waals surface area contributed by atoms with E-state index in [0.717, 1.165) is 26.6 Å². The number of thioether (sulfide) groups is 1. The Bertz CT molecular complexity index is 1020. The monoisotopic (exact) mass is 358 g/mol. The SMILES string of the molecule is CSc1cccc(C(=O)N=c2sc3cc4c(cc3n2C)OCO4)c1. The van der Waals surface area contributed by atoms with Crippen molar-refractivity contribution in [2.75, 3.05) is 13.0 Å². The second-order valence-corrected chi connectivity index (χ2v) is 7.15. The summed E-state index contributed by atoms with van der Waals surface area (Å²) in [6.07, 6.45) is 1.98. The molecule has 0 bridgehead atoms. The second-order valence-electron chi connectivity index (χ2n) is 5.27. The van der Waals surface area contributed by atoms with Crippen molar-refractivity contribution in [1.29, 1.82) is 0 Å². The molecule has 24 heavy (non-hydrogen) atoms. The van der Waals surface area contributed by atoms with Crippen LogP contribution in [0.15, 0.2) is 46.3 Å². The van der Waals surface area contributed by atoms with E-state index in [4.69, 9.17) is 9.47 Å². The lowest BCUT2D eigenvalue weighted by molar-refractivity contribution is 0.0997. The van der Waals surface area contributed by atoms with Crippen LogP contribution in [0.3, 0.4) is 0 Å². The Morgan fingerprint density at radius 1 is 1.25 bits per heavy atom. The van der Waals surface area contributed by atoms with Gasteiger partial charge in [-0.2, -0.15) is 4.99 Å². The fourth-order valence-corrected chi connectivity index (χ4v) is 4.02. The lowest BCUT2D eigenvalue weighted by atomic mass is 10.2. The first-order valence-corrected chi connectivity index (χ1v) is 9.32. The minimum atomic E-state index is -0.243. The highest BCUT2D eigenvalue weighted by atomic mass is 32.2. The number of nitrogens with zero attached hydrogens (tertiary/aromatic N) is 2. The quantitative estimate of drug-likeness (QED) is 0.659. The molecule has 0 aliphatic carbocycles. The Morgan fingerprint density at radius 3 is 2.83 bits per heavy atom. The topological polar surface area (TPSA) is 52.8 Å². The number of rotatable bonds is 2. The molecule has 122 valence electrons. The Hall–Kier alpha value is -2.25. The average Bonchev–Trinajstić information content (AvgIpc) is 3.18. The Balaban J connectivity index is 1.79. The van der Waals surface area contributed by atoms with Crippen LogP contribution < -0.4 is 14.3 Å². The molecular formula is C17H14N2O3S2. The van der Waals surface area contributed by atoms with E-state index in [-0.39, 0.29) is 12.7 Å². The van der Waals surface area contributed by atoms with E-state index >= 15 is 0 Å². The molecule has 5 nitrogen and oxygen atoms in total. The number of aryl methyl sites for hydroxylation is 1. The summed E-state index contributed by atoms with van der Waals surface area (Å²) in [6, 6.07) is 11.3. The summed E-state index contributed by atoms with van der Waals surface area (Å²) in [4.78, 5) is 18.5. The van der Waals surface area contributed by atoms with Gasteiger partial charge in [0.15, 0.2) is 16.3 Å². The number of carbonyl (C=O) groups is 1. The maximum atomic E-state index is 12.5. The number of hydrogen-bond acceptors (Lipinski definition) is 5. The molecule has 0 saturated carbocycles. The molecule has 7 heteroatoms. The fraction of sp³-hybridized carbons (Fsp3) is 0.176. The summed E-state index contributed by atoms with van der Waals surface area (Å²) >= 11 is 3.06. The van der Waals surface area contributed by atoms with Crippen LogP contribution in [0.4, 0.5) is 0 Å². The van der Waals surface area contributed by atoms with E-state index in [1.807, 2.05) is 48.2 Å². The normalized spacial score (nSPS) is 13.7. The van der Waals surface area contributed by atoms with Crippen molar-refractivity contribution >= 4 is 39.2 Å². The summed E-state index contributed by atoms with van der Waals surface area (Å²) < 4.78 is 13.7. The number of fused-ring (bicyclic) bond motifs is 2. The predicted octanol–water partition coefficient (Wildman–Crippen LogP) is 3.43. The second kappa shape index (κ2) is 5.99. The first-order valence-electron chi connectivity index (χ1n) is 7.28. The molecule has 4 rings (SSSR count).